The molecule has 7 heteroatoms. The fourth-order valence-corrected chi connectivity index (χ4v) is 3.81. The highest BCUT2D eigenvalue weighted by atomic mass is 15.4. The van der Waals surface area contributed by atoms with Crippen molar-refractivity contribution in [3.05, 3.63) is 42.0 Å². The average molecular weight is 321 g/mol. The summed E-state index contributed by atoms with van der Waals surface area (Å²) < 4.78 is 1.92. The SMILES string of the molecule is c1ccc(N2CCN(c3c4c(nc5ncnn35)CCC4)CC2)nc1. The summed E-state index contributed by atoms with van der Waals surface area (Å²) >= 11 is 0. The van der Waals surface area contributed by atoms with E-state index in [4.69, 9.17) is 0 Å². The van der Waals surface area contributed by atoms with E-state index in [-0.39, 0.29) is 0 Å². The van der Waals surface area contributed by atoms with E-state index in [0.29, 0.717) is 0 Å². The molecule has 1 saturated heterocycles. The molecule has 4 heterocycles. The first kappa shape index (κ1) is 13.7. The second-order valence-electron chi connectivity index (χ2n) is 6.35. The summed E-state index contributed by atoms with van der Waals surface area (Å²) in [5, 5.41) is 4.42. The maximum absolute atomic E-state index is 4.68. The minimum Gasteiger partial charge on any atom is -0.353 e. The fraction of sp³-hybridized carbons (Fsp3) is 0.412. The Bertz CT molecular complexity index is 865. The quantitative estimate of drug-likeness (QED) is 0.710. The van der Waals surface area contributed by atoms with E-state index >= 15 is 0 Å². The van der Waals surface area contributed by atoms with Crippen molar-refractivity contribution in [2.75, 3.05) is 36.0 Å². The summed E-state index contributed by atoms with van der Waals surface area (Å²) in [4.78, 5) is 18.2. The molecule has 1 aliphatic carbocycles. The van der Waals surface area contributed by atoms with Gasteiger partial charge >= 0.3 is 0 Å². The number of aryl methyl sites for hydroxylation is 1. The van der Waals surface area contributed by atoms with E-state index in [2.05, 4.69) is 35.9 Å². The predicted octanol–water partition coefficient (Wildman–Crippen LogP) is 1.33. The summed E-state index contributed by atoms with van der Waals surface area (Å²) in [7, 11) is 0. The first-order valence-corrected chi connectivity index (χ1v) is 8.52. The Hall–Kier alpha value is -2.70. The lowest BCUT2D eigenvalue weighted by Gasteiger charge is -2.37. The lowest BCUT2D eigenvalue weighted by molar-refractivity contribution is 0.630. The number of hydrogen-bond acceptors (Lipinski definition) is 6. The summed E-state index contributed by atoms with van der Waals surface area (Å²) in [5.41, 5.74) is 2.57. The van der Waals surface area contributed by atoms with Gasteiger partial charge in [0.25, 0.3) is 5.78 Å². The Morgan fingerprint density at radius 3 is 2.62 bits per heavy atom. The van der Waals surface area contributed by atoms with Gasteiger partial charge in [0.1, 0.15) is 18.0 Å². The van der Waals surface area contributed by atoms with Crippen LogP contribution >= 0.6 is 0 Å². The highest BCUT2D eigenvalue weighted by molar-refractivity contribution is 5.57. The number of pyridine rings is 1. The highest BCUT2D eigenvalue weighted by Gasteiger charge is 2.27. The largest absolute Gasteiger partial charge is 0.353 e. The first-order chi connectivity index (χ1) is 11.9. The highest BCUT2D eigenvalue weighted by Crippen LogP contribution is 2.31. The number of rotatable bonds is 2. The van der Waals surface area contributed by atoms with E-state index in [9.17, 15) is 0 Å². The summed E-state index contributed by atoms with van der Waals surface area (Å²) in [6.07, 6.45) is 6.78. The van der Waals surface area contributed by atoms with Crippen molar-refractivity contribution in [3.63, 3.8) is 0 Å². The van der Waals surface area contributed by atoms with Crippen LogP contribution in [0.1, 0.15) is 17.7 Å². The normalized spacial score (nSPS) is 17.5. The molecule has 0 amide bonds. The van der Waals surface area contributed by atoms with Gasteiger partial charge in [-0.3, -0.25) is 0 Å². The number of hydrogen-bond donors (Lipinski definition) is 0. The molecule has 0 aromatic carbocycles. The Morgan fingerprint density at radius 2 is 1.79 bits per heavy atom. The molecule has 122 valence electrons. The van der Waals surface area contributed by atoms with E-state index < -0.39 is 0 Å². The van der Waals surface area contributed by atoms with Crippen molar-refractivity contribution >= 4 is 17.4 Å². The van der Waals surface area contributed by atoms with Crippen LogP contribution in [-0.4, -0.2) is 50.7 Å². The second kappa shape index (κ2) is 5.43. The third-order valence-corrected chi connectivity index (χ3v) is 4.98. The van der Waals surface area contributed by atoms with Crippen LogP contribution in [0.15, 0.2) is 30.7 Å². The topological polar surface area (TPSA) is 62.5 Å². The van der Waals surface area contributed by atoms with E-state index in [1.807, 2.05) is 22.8 Å². The lowest BCUT2D eigenvalue weighted by Crippen LogP contribution is -2.47. The molecule has 0 bridgehead atoms. The van der Waals surface area contributed by atoms with Crippen molar-refractivity contribution < 1.29 is 0 Å². The standard InChI is InChI=1S/C17H19N7/c1-2-7-18-15(6-1)22-8-10-23(11-9-22)16-13-4-3-5-14(13)21-17-19-12-20-24(16)17/h1-2,6-7,12H,3-5,8-11H2. The monoisotopic (exact) mass is 321 g/mol. The van der Waals surface area contributed by atoms with Gasteiger partial charge in [-0.05, 0) is 31.4 Å². The Morgan fingerprint density at radius 1 is 0.917 bits per heavy atom. The van der Waals surface area contributed by atoms with Crippen LogP contribution in [0.3, 0.4) is 0 Å². The van der Waals surface area contributed by atoms with E-state index in [1.165, 1.54) is 23.5 Å². The summed E-state index contributed by atoms with van der Waals surface area (Å²) in [6.45, 7) is 3.85. The average Bonchev–Trinajstić information content (AvgIpc) is 3.29. The molecule has 1 aliphatic heterocycles. The molecule has 0 saturated carbocycles. The number of anilines is 2. The molecule has 3 aromatic heterocycles. The Labute approximate surface area is 140 Å². The number of nitrogens with zero attached hydrogens (tertiary/aromatic N) is 7. The van der Waals surface area contributed by atoms with Crippen LogP contribution in [0.25, 0.3) is 5.78 Å². The van der Waals surface area contributed by atoms with Gasteiger partial charge in [-0.15, -0.1) is 0 Å². The van der Waals surface area contributed by atoms with E-state index in [1.54, 1.807) is 6.33 Å². The zero-order chi connectivity index (χ0) is 15.9. The molecular weight excluding hydrogens is 302 g/mol. The third-order valence-electron chi connectivity index (χ3n) is 4.98. The molecule has 1 fully saturated rings. The number of piperazine rings is 1. The first-order valence-electron chi connectivity index (χ1n) is 8.52. The van der Waals surface area contributed by atoms with Crippen molar-refractivity contribution in [1.82, 2.24) is 24.6 Å². The molecule has 0 radical (unpaired) electrons. The van der Waals surface area contributed by atoms with Gasteiger partial charge in [0.05, 0.1) is 5.69 Å². The van der Waals surface area contributed by atoms with E-state index in [0.717, 1.165) is 50.6 Å². The molecule has 7 nitrogen and oxygen atoms in total. The number of aromatic nitrogens is 5. The van der Waals surface area contributed by atoms with Crippen molar-refractivity contribution in [2.45, 2.75) is 19.3 Å². The van der Waals surface area contributed by atoms with Crippen LogP contribution < -0.4 is 9.80 Å². The molecule has 0 spiro atoms. The minimum atomic E-state index is 0.720. The predicted molar refractivity (Wildman–Crippen MR) is 91.5 cm³/mol. The fourth-order valence-electron chi connectivity index (χ4n) is 3.81. The van der Waals surface area contributed by atoms with Crippen molar-refractivity contribution in [1.29, 1.82) is 0 Å². The van der Waals surface area contributed by atoms with Gasteiger partial charge < -0.3 is 9.80 Å². The van der Waals surface area contributed by atoms with Gasteiger partial charge in [0.2, 0.25) is 0 Å². The molecule has 0 N–H and O–H groups in total. The van der Waals surface area contributed by atoms with Gasteiger partial charge in [-0.25, -0.2) is 9.97 Å². The second-order valence-corrected chi connectivity index (χ2v) is 6.35. The van der Waals surface area contributed by atoms with Crippen molar-refractivity contribution in [3.8, 4) is 0 Å². The molecule has 0 unspecified atom stereocenters. The molecular formula is C17H19N7. The molecule has 24 heavy (non-hydrogen) atoms. The van der Waals surface area contributed by atoms with Crippen LogP contribution in [0, 0.1) is 0 Å². The van der Waals surface area contributed by atoms with Gasteiger partial charge in [0.15, 0.2) is 0 Å². The Kier molecular flexibility index (Phi) is 3.11. The molecule has 5 rings (SSSR count). The number of fused-ring (bicyclic) bond motifs is 2. The lowest BCUT2D eigenvalue weighted by atomic mass is 10.2. The molecule has 3 aromatic rings. The van der Waals surface area contributed by atoms with Crippen molar-refractivity contribution in [2.24, 2.45) is 0 Å². The van der Waals surface area contributed by atoms with Crippen LogP contribution in [0.2, 0.25) is 0 Å². The third kappa shape index (κ3) is 2.11. The van der Waals surface area contributed by atoms with Crippen LogP contribution in [0.4, 0.5) is 11.6 Å². The molecule has 0 atom stereocenters. The smallest absolute Gasteiger partial charge is 0.254 e. The van der Waals surface area contributed by atoms with Crippen LogP contribution in [-0.2, 0) is 12.8 Å². The summed E-state index contributed by atoms with van der Waals surface area (Å²) in [6, 6.07) is 6.08. The van der Waals surface area contributed by atoms with Crippen LogP contribution in [0.5, 0.6) is 0 Å². The maximum Gasteiger partial charge on any atom is 0.254 e. The minimum absolute atomic E-state index is 0.720. The van der Waals surface area contributed by atoms with Gasteiger partial charge in [0, 0.05) is 37.9 Å². The summed E-state index contributed by atoms with van der Waals surface area (Å²) in [5.74, 6) is 2.98. The van der Waals surface area contributed by atoms with Gasteiger partial charge in [-0.1, -0.05) is 6.07 Å². The molecule has 2 aliphatic rings. The zero-order valence-electron chi connectivity index (χ0n) is 13.5. The van der Waals surface area contributed by atoms with Gasteiger partial charge in [-0.2, -0.15) is 14.6 Å². The Balaban J connectivity index is 1.46. The maximum atomic E-state index is 4.68. The zero-order valence-corrected chi connectivity index (χ0v) is 13.5.